The highest BCUT2D eigenvalue weighted by Gasteiger charge is 2.12. The Kier molecular flexibility index (Phi) is 4.72. The number of amides is 1. The van der Waals surface area contributed by atoms with Crippen molar-refractivity contribution in [3.63, 3.8) is 0 Å². The summed E-state index contributed by atoms with van der Waals surface area (Å²) in [4.78, 5) is 15.7. The first-order valence-corrected chi connectivity index (χ1v) is 7.45. The summed E-state index contributed by atoms with van der Waals surface area (Å²) in [5, 5.41) is 3.14. The number of hydrogen-bond acceptors (Lipinski definition) is 3. The summed E-state index contributed by atoms with van der Waals surface area (Å²) in [7, 11) is 0. The Morgan fingerprint density at radius 2 is 1.88 bits per heavy atom. The monoisotopic (exact) mass is 342 g/mol. The van der Waals surface area contributed by atoms with Gasteiger partial charge >= 0.3 is 0 Å². The summed E-state index contributed by atoms with van der Waals surface area (Å²) in [6.45, 7) is 0. The van der Waals surface area contributed by atoms with E-state index in [1.807, 2.05) is 18.2 Å². The second-order valence-electron chi connectivity index (χ2n) is 4.88. The fraction of sp³-hybridized carbons (Fsp3) is 0. The maximum Gasteiger partial charge on any atom is 0.257 e. The maximum atomic E-state index is 12.9. The highest BCUT2D eigenvalue weighted by Crippen LogP contribution is 2.32. The molecule has 0 aliphatic rings. The predicted molar refractivity (Wildman–Crippen MR) is 90.1 cm³/mol. The lowest BCUT2D eigenvalue weighted by Gasteiger charge is -2.12. The molecule has 0 unspecified atom stereocenters. The summed E-state index contributed by atoms with van der Waals surface area (Å²) in [6, 6.07) is 16.5. The minimum Gasteiger partial charge on any atom is -0.455 e. The van der Waals surface area contributed by atoms with Crippen molar-refractivity contribution in [1.29, 1.82) is 0 Å². The third kappa shape index (κ3) is 3.88. The Hall–Kier alpha value is -2.92. The van der Waals surface area contributed by atoms with E-state index in [-0.39, 0.29) is 5.56 Å². The molecule has 0 saturated carbocycles. The quantitative estimate of drug-likeness (QED) is 0.685. The number of para-hydroxylation sites is 1. The summed E-state index contributed by atoms with van der Waals surface area (Å²) in [5.74, 6) is -0.0297. The Balaban J connectivity index is 1.85. The average Bonchev–Trinajstić information content (AvgIpc) is 2.59. The lowest BCUT2D eigenvalue weighted by molar-refractivity contribution is 0.102. The van der Waals surface area contributed by atoms with Gasteiger partial charge in [0.2, 0.25) is 5.95 Å². The highest BCUT2D eigenvalue weighted by molar-refractivity contribution is 6.31. The van der Waals surface area contributed by atoms with E-state index in [4.69, 9.17) is 16.3 Å². The first-order chi connectivity index (χ1) is 11.6. The lowest BCUT2D eigenvalue weighted by Crippen LogP contribution is -2.13. The minimum atomic E-state index is -0.651. The number of anilines is 1. The molecule has 0 aliphatic carbocycles. The van der Waals surface area contributed by atoms with Gasteiger partial charge in [0.25, 0.3) is 5.91 Å². The number of benzene rings is 2. The summed E-state index contributed by atoms with van der Waals surface area (Å²) < 4.78 is 18.6. The van der Waals surface area contributed by atoms with Gasteiger partial charge in [0.15, 0.2) is 5.75 Å². The van der Waals surface area contributed by atoms with Crippen LogP contribution in [0.25, 0.3) is 0 Å². The van der Waals surface area contributed by atoms with Crippen LogP contribution in [0.15, 0.2) is 66.9 Å². The van der Waals surface area contributed by atoms with Crippen molar-refractivity contribution in [2.45, 2.75) is 0 Å². The first-order valence-electron chi connectivity index (χ1n) is 7.07. The number of carbonyl (C=O) groups excluding carboxylic acids is 1. The molecule has 0 radical (unpaired) electrons. The number of aromatic nitrogens is 1. The number of halogens is 2. The number of carbonyl (C=O) groups is 1. The third-order valence-electron chi connectivity index (χ3n) is 3.15. The second-order valence-corrected chi connectivity index (χ2v) is 5.32. The standard InChI is InChI=1S/C18H12ClFN2O2/c19-13-7-8-16(24-14-4-2-1-3-5-14)15(10-13)22-18(23)12-6-9-17(20)21-11-12/h1-11H,(H,22,23). The van der Waals surface area contributed by atoms with Crippen LogP contribution < -0.4 is 10.1 Å². The van der Waals surface area contributed by atoms with Crippen molar-refractivity contribution < 1.29 is 13.9 Å². The van der Waals surface area contributed by atoms with Crippen LogP contribution in [0.5, 0.6) is 11.5 Å². The molecule has 0 bridgehead atoms. The number of hydrogen-bond donors (Lipinski definition) is 1. The van der Waals surface area contributed by atoms with Crippen LogP contribution in [0.3, 0.4) is 0 Å². The molecule has 3 aromatic rings. The number of nitrogens with zero attached hydrogens (tertiary/aromatic N) is 1. The smallest absolute Gasteiger partial charge is 0.257 e. The Morgan fingerprint density at radius 3 is 2.58 bits per heavy atom. The third-order valence-corrected chi connectivity index (χ3v) is 3.39. The molecule has 1 heterocycles. The molecule has 120 valence electrons. The number of ether oxygens (including phenoxy) is 1. The predicted octanol–water partition coefficient (Wildman–Crippen LogP) is 4.92. The van der Waals surface area contributed by atoms with Crippen molar-refractivity contribution in [2.75, 3.05) is 5.32 Å². The molecule has 0 spiro atoms. The molecule has 6 heteroatoms. The molecular formula is C18H12ClFN2O2. The topological polar surface area (TPSA) is 51.2 Å². The van der Waals surface area contributed by atoms with Gasteiger partial charge in [0.1, 0.15) is 5.75 Å². The molecule has 3 rings (SSSR count). The number of pyridine rings is 1. The summed E-state index contributed by atoms with van der Waals surface area (Å²) in [6.07, 6.45) is 1.16. The van der Waals surface area contributed by atoms with Crippen LogP contribution in [-0.4, -0.2) is 10.9 Å². The van der Waals surface area contributed by atoms with Gasteiger partial charge in [-0.1, -0.05) is 29.8 Å². The zero-order chi connectivity index (χ0) is 16.9. The van der Waals surface area contributed by atoms with Crippen molar-refractivity contribution in [1.82, 2.24) is 4.98 Å². The molecule has 0 aliphatic heterocycles. The van der Waals surface area contributed by atoms with E-state index < -0.39 is 11.9 Å². The fourth-order valence-corrected chi connectivity index (χ4v) is 2.18. The van der Waals surface area contributed by atoms with Crippen LogP contribution in [0.4, 0.5) is 10.1 Å². The maximum absolute atomic E-state index is 12.9. The van der Waals surface area contributed by atoms with Crippen LogP contribution in [0, 0.1) is 5.95 Å². The van der Waals surface area contributed by atoms with Gasteiger partial charge in [-0.25, -0.2) is 4.98 Å². The zero-order valence-electron chi connectivity index (χ0n) is 12.4. The molecule has 0 fully saturated rings. The Morgan fingerprint density at radius 1 is 1.08 bits per heavy atom. The van der Waals surface area contributed by atoms with E-state index in [0.29, 0.717) is 22.2 Å². The second kappa shape index (κ2) is 7.10. The number of rotatable bonds is 4. The molecule has 1 amide bonds. The van der Waals surface area contributed by atoms with Crippen LogP contribution in [-0.2, 0) is 0 Å². The van der Waals surface area contributed by atoms with Gasteiger partial charge in [-0.15, -0.1) is 0 Å². The molecule has 0 atom stereocenters. The Labute approximate surface area is 142 Å². The molecule has 1 aromatic heterocycles. The van der Waals surface area contributed by atoms with Gasteiger partial charge in [0.05, 0.1) is 11.3 Å². The lowest BCUT2D eigenvalue weighted by atomic mass is 10.2. The molecule has 4 nitrogen and oxygen atoms in total. The van der Waals surface area contributed by atoms with Crippen LogP contribution in [0.2, 0.25) is 5.02 Å². The minimum absolute atomic E-state index is 0.224. The Bertz CT molecular complexity index is 855. The van der Waals surface area contributed by atoms with Gasteiger partial charge < -0.3 is 10.1 Å². The molecular weight excluding hydrogens is 331 g/mol. The van der Waals surface area contributed by atoms with E-state index in [2.05, 4.69) is 10.3 Å². The van der Waals surface area contributed by atoms with E-state index in [0.717, 1.165) is 12.3 Å². The van der Waals surface area contributed by atoms with Gasteiger partial charge in [-0.05, 0) is 42.5 Å². The van der Waals surface area contributed by atoms with Crippen LogP contribution >= 0.6 is 11.6 Å². The molecule has 1 N–H and O–H groups in total. The van der Waals surface area contributed by atoms with Crippen molar-refractivity contribution in [3.8, 4) is 11.5 Å². The normalized spacial score (nSPS) is 10.2. The van der Waals surface area contributed by atoms with Crippen LogP contribution in [0.1, 0.15) is 10.4 Å². The molecule has 24 heavy (non-hydrogen) atoms. The van der Waals surface area contributed by atoms with E-state index in [1.54, 1.807) is 30.3 Å². The van der Waals surface area contributed by atoms with Gasteiger partial charge in [-0.2, -0.15) is 4.39 Å². The van der Waals surface area contributed by atoms with Crippen molar-refractivity contribution >= 4 is 23.2 Å². The summed E-state index contributed by atoms with van der Waals surface area (Å²) in [5.41, 5.74) is 0.628. The van der Waals surface area contributed by atoms with Gasteiger partial charge in [0, 0.05) is 11.2 Å². The van der Waals surface area contributed by atoms with Crippen molar-refractivity contribution in [2.24, 2.45) is 0 Å². The molecule has 0 saturated heterocycles. The van der Waals surface area contributed by atoms with E-state index in [9.17, 15) is 9.18 Å². The van der Waals surface area contributed by atoms with E-state index in [1.165, 1.54) is 6.07 Å². The number of nitrogens with one attached hydrogen (secondary N) is 1. The largest absolute Gasteiger partial charge is 0.455 e. The van der Waals surface area contributed by atoms with Crippen molar-refractivity contribution in [3.05, 3.63) is 83.4 Å². The SMILES string of the molecule is O=C(Nc1cc(Cl)ccc1Oc1ccccc1)c1ccc(F)nc1. The zero-order valence-corrected chi connectivity index (χ0v) is 13.1. The highest BCUT2D eigenvalue weighted by atomic mass is 35.5. The van der Waals surface area contributed by atoms with E-state index >= 15 is 0 Å². The van der Waals surface area contributed by atoms with Gasteiger partial charge in [-0.3, -0.25) is 4.79 Å². The molecule has 2 aromatic carbocycles. The average molecular weight is 343 g/mol. The summed E-state index contributed by atoms with van der Waals surface area (Å²) >= 11 is 6.00. The first kappa shape index (κ1) is 16.0. The fourth-order valence-electron chi connectivity index (χ4n) is 2.01.